The Hall–Kier alpha value is -1.03. The molecule has 2 rings (SSSR count). The summed E-state index contributed by atoms with van der Waals surface area (Å²) in [5, 5.41) is 3.48. The van der Waals surface area contributed by atoms with Crippen LogP contribution in [0, 0.1) is 6.92 Å². The van der Waals surface area contributed by atoms with Crippen molar-refractivity contribution in [1.29, 1.82) is 0 Å². The lowest BCUT2D eigenvalue weighted by Crippen LogP contribution is -2.14. The van der Waals surface area contributed by atoms with Crippen LogP contribution in [0.4, 0.5) is 5.95 Å². The standard InChI is InChI=1S/C16H29N3O/c1-3-20-12-8-11-17-16-18-14(2)13-19(16)15-9-6-4-5-7-10-15/h13,15H,3-12H2,1-2H3,(H,17,18). The van der Waals surface area contributed by atoms with E-state index in [1.807, 2.05) is 6.92 Å². The second-order valence-corrected chi connectivity index (χ2v) is 5.74. The Balaban J connectivity index is 1.91. The van der Waals surface area contributed by atoms with Crippen LogP contribution >= 0.6 is 0 Å². The second kappa shape index (κ2) is 8.30. The molecule has 0 spiro atoms. The van der Waals surface area contributed by atoms with Crippen molar-refractivity contribution in [2.75, 3.05) is 25.1 Å². The Kier molecular flexibility index (Phi) is 6.37. The zero-order chi connectivity index (χ0) is 14.2. The van der Waals surface area contributed by atoms with E-state index in [4.69, 9.17) is 4.74 Å². The first-order valence-corrected chi connectivity index (χ1v) is 8.18. The molecular weight excluding hydrogens is 250 g/mol. The fraction of sp³-hybridized carbons (Fsp3) is 0.812. The van der Waals surface area contributed by atoms with Gasteiger partial charge >= 0.3 is 0 Å². The Bertz CT molecular complexity index is 381. The van der Waals surface area contributed by atoms with Crippen LogP contribution in [0.15, 0.2) is 6.20 Å². The van der Waals surface area contributed by atoms with Gasteiger partial charge in [-0.1, -0.05) is 25.7 Å². The number of nitrogens with zero attached hydrogens (tertiary/aromatic N) is 2. The summed E-state index contributed by atoms with van der Waals surface area (Å²) >= 11 is 0. The number of aromatic nitrogens is 2. The van der Waals surface area contributed by atoms with E-state index in [0.29, 0.717) is 6.04 Å². The first-order chi connectivity index (χ1) is 9.81. The van der Waals surface area contributed by atoms with Gasteiger partial charge < -0.3 is 14.6 Å². The van der Waals surface area contributed by atoms with Crippen LogP contribution in [-0.2, 0) is 4.74 Å². The van der Waals surface area contributed by atoms with Gasteiger partial charge in [0.05, 0.1) is 5.69 Å². The van der Waals surface area contributed by atoms with Gasteiger partial charge in [0.1, 0.15) is 0 Å². The number of hydrogen-bond acceptors (Lipinski definition) is 3. The van der Waals surface area contributed by atoms with Gasteiger partial charge in [-0.3, -0.25) is 0 Å². The summed E-state index contributed by atoms with van der Waals surface area (Å²) < 4.78 is 7.75. The molecule has 4 heteroatoms. The maximum absolute atomic E-state index is 5.37. The maximum Gasteiger partial charge on any atom is 0.203 e. The molecule has 4 nitrogen and oxygen atoms in total. The van der Waals surface area contributed by atoms with Gasteiger partial charge in [-0.15, -0.1) is 0 Å². The highest BCUT2D eigenvalue weighted by Crippen LogP contribution is 2.29. The number of aryl methyl sites for hydroxylation is 1. The van der Waals surface area contributed by atoms with Gasteiger partial charge in [0, 0.05) is 32.0 Å². The minimum Gasteiger partial charge on any atom is -0.382 e. The summed E-state index contributed by atoms with van der Waals surface area (Å²) in [5.74, 6) is 1.05. The largest absolute Gasteiger partial charge is 0.382 e. The van der Waals surface area contributed by atoms with Crippen molar-refractivity contribution in [3.63, 3.8) is 0 Å². The number of ether oxygens (including phenoxy) is 1. The Labute approximate surface area is 122 Å². The van der Waals surface area contributed by atoms with Crippen LogP contribution in [-0.4, -0.2) is 29.3 Å². The summed E-state index contributed by atoms with van der Waals surface area (Å²) in [7, 11) is 0. The smallest absolute Gasteiger partial charge is 0.203 e. The normalized spacial score (nSPS) is 17.1. The monoisotopic (exact) mass is 279 g/mol. The zero-order valence-corrected chi connectivity index (χ0v) is 13.0. The molecule has 1 aromatic rings. The molecule has 1 fully saturated rings. The van der Waals surface area contributed by atoms with Crippen molar-refractivity contribution in [2.24, 2.45) is 0 Å². The highest BCUT2D eigenvalue weighted by atomic mass is 16.5. The maximum atomic E-state index is 5.37. The van der Waals surface area contributed by atoms with Crippen molar-refractivity contribution < 1.29 is 4.74 Å². The Morgan fingerprint density at radius 1 is 1.30 bits per heavy atom. The molecule has 1 N–H and O–H groups in total. The molecule has 1 aliphatic rings. The third-order valence-electron chi connectivity index (χ3n) is 4.02. The highest BCUT2D eigenvalue weighted by Gasteiger charge is 2.17. The molecule has 0 saturated heterocycles. The molecule has 1 aliphatic carbocycles. The van der Waals surface area contributed by atoms with E-state index in [0.717, 1.165) is 37.8 Å². The van der Waals surface area contributed by atoms with Crippen molar-refractivity contribution in [1.82, 2.24) is 9.55 Å². The average molecular weight is 279 g/mol. The van der Waals surface area contributed by atoms with Gasteiger partial charge in [-0.2, -0.15) is 0 Å². The molecular formula is C16H29N3O. The summed E-state index contributed by atoms with van der Waals surface area (Å²) in [6, 6.07) is 0.632. The number of hydrogen-bond donors (Lipinski definition) is 1. The average Bonchev–Trinajstić information content (AvgIpc) is 2.67. The number of anilines is 1. The lowest BCUT2D eigenvalue weighted by Gasteiger charge is -2.19. The molecule has 20 heavy (non-hydrogen) atoms. The van der Waals surface area contributed by atoms with Gasteiger partial charge in [-0.25, -0.2) is 4.98 Å². The molecule has 0 aliphatic heterocycles. The SMILES string of the molecule is CCOCCCNc1nc(C)cn1C1CCCCCC1. The molecule has 0 aromatic carbocycles. The number of imidazole rings is 1. The van der Waals surface area contributed by atoms with Crippen LogP contribution in [0.5, 0.6) is 0 Å². The predicted octanol–water partition coefficient (Wildman–Crippen LogP) is 3.93. The van der Waals surface area contributed by atoms with E-state index in [1.165, 1.54) is 38.5 Å². The molecule has 0 unspecified atom stereocenters. The first-order valence-electron chi connectivity index (χ1n) is 8.18. The van der Waals surface area contributed by atoms with E-state index in [9.17, 15) is 0 Å². The van der Waals surface area contributed by atoms with Crippen molar-refractivity contribution in [2.45, 2.75) is 64.8 Å². The third-order valence-corrected chi connectivity index (χ3v) is 4.02. The minimum atomic E-state index is 0.632. The van der Waals surface area contributed by atoms with E-state index in [2.05, 4.69) is 28.0 Å². The lowest BCUT2D eigenvalue weighted by atomic mass is 10.1. The summed E-state index contributed by atoms with van der Waals surface area (Å²) in [6.07, 6.45) is 11.3. The van der Waals surface area contributed by atoms with Crippen LogP contribution in [0.2, 0.25) is 0 Å². The van der Waals surface area contributed by atoms with Crippen molar-refractivity contribution in [3.8, 4) is 0 Å². The molecule has 114 valence electrons. The molecule has 1 heterocycles. The molecule has 1 saturated carbocycles. The van der Waals surface area contributed by atoms with Crippen molar-refractivity contribution >= 4 is 5.95 Å². The van der Waals surface area contributed by atoms with Gasteiger partial charge in [0.2, 0.25) is 5.95 Å². The Morgan fingerprint density at radius 2 is 2.05 bits per heavy atom. The van der Waals surface area contributed by atoms with Gasteiger partial charge in [-0.05, 0) is 33.1 Å². The first kappa shape index (κ1) is 15.4. The van der Waals surface area contributed by atoms with Crippen LogP contribution < -0.4 is 5.32 Å². The highest BCUT2D eigenvalue weighted by molar-refractivity contribution is 5.29. The van der Waals surface area contributed by atoms with E-state index < -0.39 is 0 Å². The van der Waals surface area contributed by atoms with Crippen molar-refractivity contribution in [3.05, 3.63) is 11.9 Å². The topological polar surface area (TPSA) is 39.1 Å². The van der Waals surface area contributed by atoms with Gasteiger partial charge in [0.25, 0.3) is 0 Å². The fourth-order valence-corrected chi connectivity index (χ4v) is 2.98. The Morgan fingerprint density at radius 3 is 2.75 bits per heavy atom. The van der Waals surface area contributed by atoms with E-state index in [1.54, 1.807) is 0 Å². The van der Waals surface area contributed by atoms with E-state index in [-0.39, 0.29) is 0 Å². The van der Waals surface area contributed by atoms with Crippen LogP contribution in [0.25, 0.3) is 0 Å². The molecule has 0 amide bonds. The minimum absolute atomic E-state index is 0.632. The summed E-state index contributed by atoms with van der Waals surface area (Å²) in [4.78, 5) is 4.65. The molecule has 0 bridgehead atoms. The predicted molar refractivity (Wildman–Crippen MR) is 83.3 cm³/mol. The zero-order valence-electron chi connectivity index (χ0n) is 13.0. The van der Waals surface area contributed by atoms with Gasteiger partial charge in [0.15, 0.2) is 0 Å². The summed E-state index contributed by atoms with van der Waals surface area (Å²) in [5.41, 5.74) is 1.11. The lowest BCUT2D eigenvalue weighted by molar-refractivity contribution is 0.147. The molecule has 0 radical (unpaired) electrons. The van der Waals surface area contributed by atoms with Crippen LogP contribution in [0.3, 0.4) is 0 Å². The van der Waals surface area contributed by atoms with E-state index >= 15 is 0 Å². The second-order valence-electron chi connectivity index (χ2n) is 5.74. The third kappa shape index (κ3) is 4.51. The fourth-order valence-electron chi connectivity index (χ4n) is 2.98. The summed E-state index contributed by atoms with van der Waals surface area (Å²) in [6.45, 7) is 6.68. The van der Waals surface area contributed by atoms with Crippen LogP contribution in [0.1, 0.15) is 63.6 Å². The molecule has 1 aromatic heterocycles. The molecule has 0 atom stereocenters. The number of rotatable bonds is 7. The quantitative estimate of drug-likeness (QED) is 0.607. The number of nitrogens with one attached hydrogen (secondary N) is 1.